The number of aryl methyl sites for hydroxylation is 1. The maximum absolute atomic E-state index is 12.7. The van der Waals surface area contributed by atoms with Crippen LogP contribution in [0.4, 0.5) is 5.95 Å². The molecule has 122 valence electrons. The number of ether oxygens (including phenoxy) is 1. The number of nitrogens with zero attached hydrogens (tertiary/aromatic N) is 5. The van der Waals surface area contributed by atoms with E-state index in [-0.39, 0.29) is 17.9 Å². The number of hydrogen-bond acceptors (Lipinski definition) is 5. The topological polar surface area (TPSA) is 86.9 Å². The molecule has 1 aliphatic heterocycles. The Morgan fingerprint density at radius 1 is 1.43 bits per heavy atom. The summed E-state index contributed by atoms with van der Waals surface area (Å²) in [5, 5.41) is 10.9. The number of rotatable bonds is 5. The van der Waals surface area contributed by atoms with Gasteiger partial charge in [-0.05, 0) is 26.2 Å². The van der Waals surface area contributed by atoms with Crippen molar-refractivity contribution in [2.24, 2.45) is 5.92 Å². The van der Waals surface area contributed by atoms with Gasteiger partial charge in [0.1, 0.15) is 18.3 Å². The Labute approximate surface area is 133 Å². The molecule has 2 aromatic heterocycles. The Bertz CT molecular complexity index is 704. The molecule has 1 amide bonds. The third kappa shape index (κ3) is 2.63. The van der Waals surface area contributed by atoms with Crippen molar-refractivity contribution >= 4 is 11.9 Å². The van der Waals surface area contributed by atoms with Crippen molar-refractivity contribution in [2.75, 3.05) is 11.9 Å². The van der Waals surface area contributed by atoms with Crippen molar-refractivity contribution in [3.63, 3.8) is 0 Å². The highest BCUT2D eigenvalue weighted by Crippen LogP contribution is 2.37. The average molecular weight is 316 g/mol. The monoisotopic (exact) mass is 316 g/mol. The van der Waals surface area contributed by atoms with Crippen LogP contribution in [0, 0.1) is 5.92 Å². The second kappa shape index (κ2) is 5.77. The SMILES string of the molecule is CCn1ccnc1[C@@H]1OCC[C@H]1C(=O)Nc1nncn1C1CC1. The number of aromatic nitrogens is 5. The van der Waals surface area contributed by atoms with Gasteiger partial charge in [-0.15, -0.1) is 10.2 Å². The Balaban J connectivity index is 1.52. The number of imidazole rings is 1. The van der Waals surface area contributed by atoms with Crippen LogP contribution in [0.3, 0.4) is 0 Å². The fraction of sp³-hybridized carbons (Fsp3) is 0.600. The lowest BCUT2D eigenvalue weighted by atomic mass is 10.00. The van der Waals surface area contributed by atoms with E-state index in [0.29, 0.717) is 25.0 Å². The summed E-state index contributed by atoms with van der Waals surface area (Å²) < 4.78 is 9.75. The van der Waals surface area contributed by atoms with Gasteiger partial charge >= 0.3 is 0 Å². The quantitative estimate of drug-likeness (QED) is 0.904. The van der Waals surface area contributed by atoms with Gasteiger partial charge < -0.3 is 9.30 Å². The van der Waals surface area contributed by atoms with Crippen LogP contribution in [-0.4, -0.2) is 36.8 Å². The van der Waals surface area contributed by atoms with Crippen LogP contribution in [0.5, 0.6) is 0 Å². The van der Waals surface area contributed by atoms with E-state index in [9.17, 15) is 4.79 Å². The maximum Gasteiger partial charge on any atom is 0.233 e. The van der Waals surface area contributed by atoms with E-state index in [4.69, 9.17) is 4.74 Å². The zero-order valence-corrected chi connectivity index (χ0v) is 13.1. The van der Waals surface area contributed by atoms with Gasteiger partial charge in [-0.1, -0.05) is 0 Å². The van der Waals surface area contributed by atoms with Crippen LogP contribution in [0.2, 0.25) is 0 Å². The van der Waals surface area contributed by atoms with E-state index in [1.54, 1.807) is 12.5 Å². The lowest BCUT2D eigenvalue weighted by molar-refractivity contribution is -0.121. The van der Waals surface area contributed by atoms with Gasteiger partial charge in [0.15, 0.2) is 0 Å². The summed E-state index contributed by atoms with van der Waals surface area (Å²) in [5.74, 6) is 1.01. The van der Waals surface area contributed by atoms with E-state index < -0.39 is 0 Å². The molecule has 1 saturated heterocycles. The van der Waals surface area contributed by atoms with E-state index in [0.717, 1.165) is 25.2 Å². The molecule has 0 spiro atoms. The second-order valence-electron chi connectivity index (χ2n) is 6.04. The second-order valence-corrected chi connectivity index (χ2v) is 6.04. The minimum Gasteiger partial charge on any atom is -0.369 e. The van der Waals surface area contributed by atoms with Gasteiger partial charge in [0.05, 0.1) is 5.92 Å². The first kappa shape index (κ1) is 14.4. The summed E-state index contributed by atoms with van der Waals surface area (Å²) in [6.45, 7) is 3.42. The average Bonchev–Trinajstić information content (AvgIpc) is 2.97. The molecule has 2 aromatic rings. The minimum absolute atomic E-state index is 0.0759. The molecule has 3 heterocycles. The van der Waals surface area contributed by atoms with Crippen molar-refractivity contribution in [3.05, 3.63) is 24.5 Å². The first-order valence-electron chi connectivity index (χ1n) is 8.11. The fourth-order valence-electron chi connectivity index (χ4n) is 3.11. The molecule has 1 saturated carbocycles. The van der Waals surface area contributed by atoms with Crippen LogP contribution >= 0.6 is 0 Å². The summed E-state index contributed by atoms with van der Waals surface area (Å²) in [6.07, 6.45) is 7.95. The Hall–Kier alpha value is -2.22. The number of hydrogen-bond donors (Lipinski definition) is 1. The molecule has 0 radical (unpaired) electrons. The van der Waals surface area contributed by atoms with Gasteiger partial charge in [0.25, 0.3) is 0 Å². The molecule has 0 unspecified atom stereocenters. The van der Waals surface area contributed by atoms with Crippen LogP contribution in [0.1, 0.15) is 44.2 Å². The molecule has 0 bridgehead atoms. The molecule has 1 aliphatic carbocycles. The standard InChI is InChI=1S/C15H20N6O2/c1-2-20-7-6-16-13(20)12-11(5-8-23-12)14(22)18-15-19-17-9-21(15)10-3-4-10/h6-7,9-12H,2-5,8H2,1H3,(H,18,19,22)/t11-,12-/m1/s1. The molecule has 8 heteroatoms. The van der Waals surface area contributed by atoms with Gasteiger partial charge in [-0.2, -0.15) is 0 Å². The van der Waals surface area contributed by atoms with E-state index in [1.807, 2.05) is 22.3 Å². The van der Waals surface area contributed by atoms with Crippen molar-refractivity contribution in [2.45, 2.75) is 44.9 Å². The Kier molecular flexibility index (Phi) is 3.60. The smallest absolute Gasteiger partial charge is 0.233 e. The highest BCUT2D eigenvalue weighted by atomic mass is 16.5. The number of nitrogens with one attached hydrogen (secondary N) is 1. The molecule has 1 N–H and O–H groups in total. The van der Waals surface area contributed by atoms with Gasteiger partial charge in [0.2, 0.25) is 11.9 Å². The van der Waals surface area contributed by atoms with Crippen LogP contribution in [0.15, 0.2) is 18.7 Å². The molecule has 8 nitrogen and oxygen atoms in total. The van der Waals surface area contributed by atoms with Gasteiger partial charge in [-0.3, -0.25) is 14.7 Å². The fourth-order valence-corrected chi connectivity index (χ4v) is 3.11. The summed E-state index contributed by atoms with van der Waals surface area (Å²) in [4.78, 5) is 17.1. The predicted octanol–water partition coefficient (Wildman–Crippen LogP) is 1.55. The molecule has 0 aromatic carbocycles. The minimum atomic E-state index is -0.303. The number of carbonyl (C=O) groups excluding carboxylic acids is 1. The Morgan fingerprint density at radius 2 is 2.30 bits per heavy atom. The highest BCUT2D eigenvalue weighted by Gasteiger charge is 2.38. The summed E-state index contributed by atoms with van der Waals surface area (Å²) in [5.41, 5.74) is 0. The predicted molar refractivity (Wildman–Crippen MR) is 81.6 cm³/mol. The lowest BCUT2D eigenvalue weighted by Crippen LogP contribution is -2.28. The van der Waals surface area contributed by atoms with Gasteiger partial charge in [0, 0.05) is 31.6 Å². The zero-order valence-electron chi connectivity index (χ0n) is 13.1. The molecular weight excluding hydrogens is 296 g/mol. The zero-order chi connectivity index (χ0) is 15.8. The van der Waals surface area contributed by atoms with E-state index in [1.165, 1.54) is 0 Å². The number of anilines is 1. The molecule has 2 atom stereocenters. The van der Waals surface area contributed by atoms with Crippen molar-refractivity contribution in [1.82, 2.24) is 24.3 Å². The normalized spacial score (nSPS) is 24.0. The summed E-state index contributed by atoms with van der Waals surface area (Å²) in [7, 11) is 0. The maximum atomic E-state index is 12.7. The lowest BCUT2D eigenvalue weighted by Gasteiger charge is -2.18. The Morgan fingerprint density at radius 3 is 3.09 bits per heavy atom. The van der Waals surface area contributed by atoms with Crippen LogP contribution in [-0.2, 0) is 16.1 Å². The third-order valence-corrected chi connectivity index (χ3v) is 4.52. The van der Waals surface area contributed by atoms with Crippen LogP contribution < -0.4 is 5.32 Å². The molecule has 2 fully saturated rings. The molecule has 23 heavy (non-hydrogen) atoms. The summed E-state index contributed by atoms with van der Waals surface area (Å²) >= 11 is 0. The first-order valence-corrected chi connectivity index (χ1v) is 8.11. The van der Waals surface area contributed by atoms with Crippen molar-refractivity contribution in [3.8, 4) is 0 Å². The number of carbonyl (C=O) groups is 1. The van der Waals surface area contributed by atoms with Crippen molar-refractivity contribution < 1.29 is 9.53 Å². The van der Waals surface area contributed by atoms with Gasteiger partial charge in [-0.25, -0.2) is 4.98 Å². The van der Waals surface area contributed by atoms with E-state index >= 15 is 0 Å². The first-order chi connectivity index (χ1) is 11.3. The third-order valence-electron chi connectivity index (χ3n) is 4.52. The number of amides is 1. The molecule has 2 aliphatic rings. The molecular formula is C15H20N6O2. The van der Waals surface area contributed by atoms with Crippen molar-refractivity contribution in [1.29, 1.82) is 0 Å². The highest BCUT2D eigenvalue weighted by molar-refractivity contribution is 5.91. The molecule has 4 rings (SSSR count). The van der Waals surface area contributed by atoms with Crippen LogP contribution in [0.25, 0.3) is 0 Å². The van der Waals surface area contributed by atoms with E-state index in [2.05, 4.69) is 20.5 Å². The largest absolute Gasteiger partial charge is 0.369 e. The summed E-state index contributed by atoms with van der Waals surface area (Å²) in [6, 6.07) is 0.426.